The van der Waals surface area contributed by atoms with Crippen LogP contribution in [0.25, 0.3) is 33.3 Å². The second-order valence-corrected chi connectivity index (χ2v) is 7.57. The lowest BCUT2D eigenvalue weighted by atomic mass is 10.0. The van der Waals surface area contributed by atoms with Crippen LogP contribution in [0.3, 0.4) is 0 Å². The Morgan fingerprint density at radius 2 is 1.97 bits per heavy atom. The van der Waals surface area contributed by atoms with Crippen molar-refractivity contribution in [2.75, 3.05) is 18.5 Å². The Morgan fingerprint density at radius 3 is 2.88 bits per heavy atom. The molecule has 1 atom stereocenters. The molecular weight excluding hydrogens is 404 g/mol. The van der Waals surface area contributed by atoms with Crippen molar-refractivity contribution in [3.63, 3.8) is 0 Å². The Morgan fingerprint density at radius 1 is 1.03 bits per heavy atom. The third-order valence-corrected chi connectivity index (χ3v) is 5.40. The van der Waals surface area contributed by atoms with Gasteiger partial charge in [0.05, 0.1) is 36.1 Å². The number of hydrogen-bond acceptors (Lipinski definition) is 8. The van der Waals surface area contributed by atoms with Gasteiger partial charge in [0.2, 0.25) is 0 Å². The van der Waals surface area contributed by atoms with Gasteiger partial charge in [0.15, 0.2) is 5.65 Å². The molecule has 5 aromatic heterocycles. The van der Waals surface area contributed by atoms with Crippen LogP contribution < -0.4 is 5.32 Å². The Kier molecular flexibility index (Phi) is 5.39. The zero-order chi connectivity index (χ0) is 21.9. The molecule has 5 aromatic rings. The lowest BCUT2D eigenvalue weighted by Gasteiger charge is -2.15. The number of aliphatic hydroxyl groups excluding tert-OH is 1. The second-order valence-electron chi connectivity index (χ2n) is 7.57. The van der Waals surface area contributed by atoms with Crippen molar-refractivity contribution in [1.29, 1.82) is 0 Å². The first-order chi connectivity index (χ1) is 15.7. The molecule has 0 aromatic carbocycles. The molecule has 0 spiro atoms. The number of aliphatic hydroxyl groups is 1. The molecule has 2 N–H and O–H groups in total. The second kappa shape index (κ2) is 8.64. The average molecular weight is 426 g/mol. The van der Waals surface area contributed by atoms with Crippen molar-refractivity contribution in [2.24, 2.45) is 0 Å². The summed E-state index contributed by atoms with van der Waals surface area (Å²) < 4.78 is 1.69. The van der Waals surface area contributed by atoms with Gasteiger partial charge < -0.3 is 10.4 Å². The number of aromatic nitrogens is 7. The number of anilines is 1. The summed E-state index contributed by atoms with van der Waals surface area (Å²) in [7, 11) is 0. The molecule has 0 radical (unpaired) electrons. The van der Waals surface area contributed by atoms with E-state index in [4.69, 9.17) is 5.11 Å². The molecule has 160 valence electrons. The van der Waals surface area contributed by atoms with Crippen molar-refractivity contribution >= 4 is 27.9 Å². The fourth-order valence-corrected chi connectivity index (χ4v) is 3.75. The normalized spacial score (nSPS) is 12.3. The zero-order valence-corrected chi connectivity index (χ0v) is 17.5. The summed E-state index contributed by atoms with van der Waals surface area (Å²) in [6, 6.07) is 9.80. The SMILES string of the molecule is C[C@H](CNc1cc(-c2cnc3c(cnn3CCO)c2)ncn1)c1ccnc2cccnc12. The standard InChI is InChI=1S/C23H22N8O/c1-15(18-4-6-24-19-3-2-5-25-22(18)19)11-26-21-10-20(28-14-29-21)16-9-17-13-30-31(7-8-32)23(17)27-12-16/h2-6,9-10,12-15,32H,7-8,11H2,1H3,(H,26,28,29)/t15-/m1/s1. The van der Waals surface area contributed by atoms with Crippen LogP contribution in [0.4, 0.5) is 5.82 Å². The van der Waals surface area contributed by atoms with E-state index in [2.05, 4.69) is 42.3 Å². The molecule has 0 saturated carbocycles. The van der Waals surface area contributed by atoms with Crippen LogP contribution in [0.2, 0.25) is 0 Å². The Balaban J connectivity index is 1.35. The first kappa shape index (κ1) is 20.0. The van der Waals surface area contributed by atoms with Crippen molar-refractivity contribution < 1.29 is 5.11 Å². The number of nitrogens with zero attached hydrogens (tertiary/aromatic N) is 7. The molecule has 5 rings (SSSR count). The third-order valence-electron chi connectivity index (χ3n) is 5.40. The smallest absolute Gasteiger partial charge is 0.157 e. The van der Waals surface area contributed by atoms with Gasteiger partial charge in [0.25, 0.3) is 0 Å². The quantitative estimate of drug-likeness (QED) is 0.408. The fraction of sp³-hybridized carbons (Fsp3) is 0.217. The van der Waals surface area contributed by atoms with Gasteiger partial charge in [-0.15, -0.1) is 0 Å². The van der Waals surface area contributed by atoms with Gasteiger partial charge in [-0.25, -0.2) is 19.6 Å². The van der Waals surface area contributed by atoms with E-state index in [1.165, 1.54) is 0 Å². The maximum absolute atomic E-state index is 9.16. The van der Waals surface area contributed by atoms with Crippen LogP contribution in [-0.2, 0) is 6.54 Å². The van der Waals surface area contributed by atoms with Crippen molar-refractivity contribution in [1.82, 2.24) is 34.7 Å². The molecule has 0 amide bonds. The highest BCUT2D eigenvalue weighted by atomic mass is 16.3. The van der Waals surface area contributed by atoms with Crippen LogP contribution in [0.15, 0.2) is 61.4 Å². The summed E-state index contributed by atoms with van der Waals surface area (Å²) in [4.78, 5) is 22.2. The zero-order valence-electron chi connectivity index (χ0n) is 17.5. The van der Waals surface area contributed by atoms with E-state index in [0.717, 1.165) is 44.7 Å². The topological polar surface area (TPSA) is 115 Å². The molecule has 0 unspecified atom stereocenters. The van der Waals surface area contributed by atoms with E-state index >= 15 is 0 Å². The van der Waals surface area contributed by atoms with Gasteiger partial charge >= 0.3 is 0 Å². The van der Waals surface area contributed by atoms with Crippen LogP contribution in [0.5, 0.6) is 0 Å². The molecule has 0 aliphatic carbocycles. The van der Waals surface area contributed by atoms with Crippen LogP contribution in [0, 0.1) is 0 Å². The summed E-state index contributed by atoms with van der Waals surface area (Å²) >= 11 is 0. The van der Waals surface area contributed by atoms with Gasteiger partial charge in [-0.3, -0.25) is 9.97 Å². The van der Waals surface area contributed by atoms with E-state index in [0.29, 0.717) is 13.1 Å². The minimum Gasteiger partial charge on any atom is -0.394 e. The first-order valence-corrected chi connectivity index (χ1v) is 10.4. The van der Waals surface area contributed by atoms with Gasteiger partial charge in [-0.1, -0.05) is 6.92 Å². The predicted molar refractivity (Wildman–Crippen MR) is 122 cm³/mol. The van der Waals surface area contributed by atoms with Crippen LogP contribution in [-0.4, -0.2) is 53.0 Å². The highest BCUT2D eigenvalue weighted by molar-refractivity contribution is 5.80. The Labute approximate surface area is 184 Å². The highest BCUT2D eigenvalue weighted by Crippen LogP contribution is 2.25. The fourth-order valence-electron chi connectivity index (χ4n) is 3.75. The third kappa shape index (κ3) is 3.85. The van der Waals surface area contributed by atoms with E-state index in [9.17, 15) is 0 Å². The van der Waals surface area contributed by atoms with Gasteiger partial charge in [-0.2, -0.15) is 5.10 Å². The number of pyridine rings is 3. The number of fused-ring (bicyclic) bond motifs is 2. The Hall–Kier alpha value is -3.98. The first-order valence-electron chi connectivity index (χ1n) is 10.4. The van der Waals surface area contributed by atoms with Gasteiger partial charge in [0.1, 0.15) is 12.1 Å². The highest BCUT2D eigenvalue weighted by Gasteiger charge is 2.12. The average Bonchev–Trinajstić information content (AvgIpc) is 3.24. The molecule has 0 bridgehead atoms. The van der Waals surface area contributed by atoms with Crippen LogP contribution >= 0.6 is 0 Å². The van der Waals surface area contributed by atoms with Crippen molar-refractivity contribution in [2.45, 2.75) is 19.4 Å². The predicted octanol–water partition coefficient (Wildman–Crippen LogP) is 3.04. The molecule has 0 fully saturated rings. The minimum absolute atomic E-state index is 0.0188. The molecule has 9 nitrogen and oxygen atoms in total. The molecule has 32 heavy (non-hydrogen) atoms. The molecule has 0 aliphatic rings. The van der Waals surface area contributed by atoms with Gasteiger partial charge in [-0.05, 0) is 29.8 Å². The summed E-state index contributed by atoms with van der Waals surface area (Å²) in [5, 5.41) is 17.7. The van der Waals surface area contributed by atoms with Crippen molar-refractivity contribution in [3.8, 4) is 11.3 Å². The number of rotatable bonds is 7. The monoisotopic (exact) mass is 426 g/mol. The molecule has 0 aliphatic heterocycles. The molecular formula is C23H22N8O. The van der Waals surface area contributed by atoms with Crippen molar-refractivity contribution in [3.05, 3.63) is 67.0 Å². The van der Waals surface area contributed by atoms with E-state index in [1.807, 2.05) is 36.5 Å². The lowest BCUT2D eigenvalue weighted by Crippen LogP contribution is -2.12. The van der Waals surface area contributed by atoms with E-state index in [-0.39, 0.29) is 12.5 Å². The lowest BCUT2D eigenvalue weighted by molar-refractivity contribution is 0.271. The molecule has 0 saturated heterocycles. The minimum atomic E-state index is 0.0188. The number of nitrogens with one attached hydrogen (secondary N) is 1. The maximum atomic E-state index is 9.16. The van der Waals surface area contributed by atoms with Gasteiger partial charge in [0, 0.05) is 48.1 Å². The molecule has 9 heteroatoms. The van der Waals surface area contributed by atoms with E-state index in [1.54, 1.807) is 29.6 Å². The van der Waals surface area contributed by atoms with Crippen LogP contribution in [0.1, 0.15) is 18.4 Å². The largest absolute Gasteiger partial charge is 0.394 e. The summed E-state index contributed by atoms with van der Waals surface area (Å²) in [5.74, 6) is 0.952. The summed E-state index contributed by atoms with van der Waals surface area (Å²) in [5.41, 5.74) is 5.36. The summed E-state index contributed by atoms with van der Waals surface area (Å²) in [6.07, 6.45) is 8.68. The number of hydrogen-bond donors (Lipinski definition) is 2. The molecule has 5 heterocycles. The summed E-state index contributed by atoms with van der Waals surface area (Å²) in [6.45, 7) is 3.28. The van der Waals surface area contributed by atoms with E-state index < -0.39 is 0 Å². The Bertz CT molecular complexity index is 1380. The maximum Gasteiger partial charge on any atom is 0.157 e.